The number of hydrogen-bond acceptors (Lipinski definition) is 3. The summed E-state index contributed by atoms with van der Waals surface area (Å²) >= 11 is 0. The van der Waals surface area contributed by atoms with Gasteiger partial charge in [-0.15, -0.1) is 0 Å². The van der Waals surface area contributed by atoms with Crippen molar-refractivity contribution >= 4 is 11.9 Å². The van der Waals surface area contributed by atoms with Gasteiger partial charge >= 0.3 is 5.97 Å². The molecule has 0 heterocycles. The average molecular weight is 172 g/mol. The predicted molar refractivity (Wildman–Crippen MR) is 44.2 cm³/mol. The molecule has 0 aromatic rings. The Morgan fingerprint density at radius 1 is 1.33 bits per heavy atom. The summed E-state index contributed by atoms with van der Waals surface area (Å²) in [5.74, 6) is -0.854. The number of carbonyl (C=O) groups excluding carboxylic acids is 2. The first-order valence-electron chi connectivity index (χ1n) is 3.88. The zero-order valence-corrected chi connectivity index (χ0v) is 7.50. The molecule has 0 saturated heterocycles. The third-order valence-corrected chi connectivity index (χ3v) is 1.47. The van der Waals surface area contributed by atoms with E-state index in [9.17, 15) is 9.59 Å². The van der Waals surface area contributed by atoms with Gasteiger partial charge in [-0.2, -0.15) is 0 Å². The van der Waals surface area contributed by atoms with Crippen LogP contribution in [0.1, 0.15) is 13.8 Å². The Morgan fingerprint density at radius 2 is 1.83 bits per heavy atom. The number of nitrogens with zero attached hydrogens (tertiary/aromatic N) is 1. The second-order valence-corrected chi connectivity index (χ2v) is 2.23. The molecular weight excluding hydrogens is 158 g/mol. The molecule has 0 aliphatic carbocycles. The lowest BCUT2D eigenvalue weighted by Crippen LogP contribution is -2.34. The van der Waals surface area contributed by atoms with E-state index in [2.05, 4.69) is 11.7 Å². The molecule has 0 aliphatic rings. The third-order valence-electron chi connectivity index (χ3n) is 1.47. The molecule has 0 bridgehead atoms. The average Bonchev–Trinajstić information content (AvgIpc) is 2.03. The SMILES string of the molecule is [CH2]C(=O)OCC(=O)N(CC)CC. The fourth-order valence-electron chi connectivity index (χ4n) is 0.810. The quantitative estimate of drug-likeness (QED) is 0.570. The molecule has 0 saturated carbocycles. The van der Waals surface area contributed by atoms with Crippen molar-refractivity contribution in [2.24, 2.45) is 0 Å². The zero-order valence-electron chi connectivity index (χ0n) is 7.50. The highest BCUT2D eigenvalue weighted by Crippen LogP contribution is 1.89. The summed E-state index contributed by atoms with van der Waals surface area (Å²) in [5, 5.41) is 0. The number of hydrogen-bond donors (Lipinski definition) is 0. The predicted octanol–water partition coefficient (Wildman–Crippen LogP) is 0.232. The van der Waals surface area contributed by atoms with Crippen LogP contribution in [0, 0.1) is 6.92 Å². The number of carbonyl (C=O) groups is 2. The van der Waals surface area contributed by atoms with E-state index in [0.717, 1.165) is 0 Å². The van der Waals surface area contributed by atoms with Gasteiger partial charge in [-0.25, -0.2) is 0 Å². The normalized spacial score (nSPS) is 9.25. The lowest BCUT2D eigenvalue weighted by atomic mass is 10.5. The molecule has 0 atom stereocenters. The molecule has 1 amide bonds. The van der Waals surface area contributed by atoms with Crippen LogP contribution < -0.4 is 0 Å². The van der Waals surface area contributed by atoms with Crippen molar-refractivity contribution in [2.75, 3.05) is 19.7 Å². The van der Waals surface area contributed by atoms with Crippen molar-refractivity contribution in [2.45, 2.75) is 13.8 Å². The van der Waals surface area contributed by atoms with Gasteiger partial charge in [0.15, 0.2) is 6.61 Å². The van der Waals surface area contributed by atoms with Crippen LogP contribution >= 0.6 is 0 Å². The van der Waals surface area contributed by atoms with E-state index in [1.54, 1.807) is 4.90 Å². The molecule has 0 rings (SSSR count). The van der Waals surface area contributed by atoms with Crippen molar-refractivity contribution < 1.29 is 14.3 Å². The Bertz CT molecular complexity index is 164. The van der Waals surface area contributed by atoms with Gasteiger partial charge in [-0.1, -0.05) is 0 Å². The van der Waals surface area contributed by atoms with Gasteiger partial charge in [0, 0.05) is 13.1 Å². The first-order chi connectivity index (χ1) is 5.61. The van der Waals surface area contributed by atoms with Gasteiger partial charge in [0.25, 0.3) is 5.91 Å². The summed E-state index contributed by atoms with van der Waals surface area (Å²) < 4.78 is 4.45. The van der Waals surface area contributed by atoms with E-state index in [1.807, 2.05) is 13.8 Å². The maximum Gasteiger partial charge on any atom is 0.306 e. The van der Waals surface area contributed by atoms with Crippen LogP contribution in [0.5, 0.6) is 0 Å². The fraction of sp³-hybridized carbons (Fsp3) is 0.625. The zero-order chi connectivity index (χ0) is 9.56. The molecule has 4 nitrogen and oxygen atoms in total. The number of ether oxygens (including phenoxy) is 1. The Morgan fingerprint density at radius 3 is 2.17 bits per heavy atom. The Balaban J connectivity index is 3.77. The summed E-state index contributed by atoms with van der Waals surface area (Å²) in [6, 6.07) is 0. The van der Waals surface area contributed by atoms with Crippen LogP contribution in [0.2, 0.25) is 0 Å². The topological polar surface area (TPSA) is 46.6 Å². The minimum atomic E-state index is -0.671. The van der Waals surface area contributed by atoms with Crippen LogP contribution in [0.3, 0.4) is 0 Å². The molecule has 69 valence electrons. The second kappa shape index (κ2) is 5.57. The number of likely N-dealkylation sites (N-methyl/N-ethyl adjacent to an activating group) is 1. The fourth-order valence-corrected chi connectivity index (χ4v) is 0.810. The molecule has 0 aromatic heterocycles. The molecule has 0 aromatic carbocycles. The molecule has 0 spiro atoms. The second-order valence-electron chi connectivity index (χ2n) is 2.23. The lowest BCUT2D eigenvalue weighted by Gasteiger charge is -2.17. The molecule has 0 unspecified atom stereocenters. The van der Waals surface area contributed by atoms with Gasteiger partial charge in [0.05, 0.1) is 6.92 Å². The summed E-state index contributed by atoms with van der Waals surface area (Å²) in [6.45, 7) is 7.78. The number of amides is 1. The molecule has 0 N–H and O–H groups in total. The van der Waals surface area contributed by atoms with E-state index in [4.69, 9.17) is 0 Å². The summed E-state index contributed by atoms with van der Waals surface area (Å²) in [5.41, 5.74) is 0. The standard InChI is InChI=1S/C8H14NO3/c1-4-9(5-2)8(11)6-12-7(3)10/h3-6H2,1-2H3. The molecule has 4 heteroatoms. The van der Waals surface area contributed by atoms with Gasteiger partial charge in [0.2, 0.25) is 0 Å². The first kappa shape index (κ1) is 10.9. The Hall–Kier alpha value is -1.06. The van der Waals surface area contributed by atoms with Crippen molar-refractivity contribution in [1.82, 2.24) is 4.90 Å². The van der Waals surface area contributed by atoms with Crippen LogP contribution in [-0.4, -0.2) is 36.5 Å². The smallest absolute Gasteiger partial charge is 0.306 e. The van der Waals surface area contributed by atoms with Crippen molar-refractivity contribution in [3.8, 4) is 0 Å². The lowest BCUT2D eigenvalue weighted by molar-refractivity contribution is -0.148. The summed E-state index contributed by atoms with van der Waals surface area (Å²) in [4.78, 5) is 23.0. The minimum absolute atomic E-state index is 0.183. The van der Waals surface area contributed by atoms with E-state index < -0.39 is 5.97 Å². The van der Waals surface area contributed by atoms with Crippen LogP contribution in [0.4, 0.5) is 0 Å². The van der Waals surface area contributed by atoms with E-state index in [0.29, 0.717) is 13.1 Å². The summed E-state index contributed by atoms with van der Waals surface area (Å²) in [7, 11) is 0. The van der Waals surface area contributed by atoms with Crippen LogP contribution in [-0.2, 0) is 14.3 Å². The Kier molecular flexibility index (Phi) is 5.08. The molecule has 1 radical (unpaired) electrons. The maximum atomic E-state index is 11.1. The molecular formula is C8H14NO3. The van der Waals surface area contributed by atoms with E-state index in [-0.39, 0.29) is 12.5 Å². The molecule has 0 aliphatic heterocycles. The molecule has 12 heavy (non-hydrogen) atoms. The minimum Gasteiger partial charge on any atom is -0.456 e. The van der Waals surface area contributed by atoms with Crippen LogP contribution in [0.25, 0.3) is 0 Å². The van der Waals surface area contributed by atoms with Crippen LogP contribution in [0.15, 0.2) is 0 Å². The first-order valence-corrected chi connectivity index (χ1v) is 3.88. The van der Waals surface area contributed by atoms with Crippen molar-refractivity contribution in [3.05, 3.63) is 6.92 Å². The van der Waals surface area contributed by atoms with E-state index >= 15 is 0 Å². The van der Waals surface area contributed by atoms with Gasteiger partial charge in [-0.3, -0.25) is 9.59 Å². The third kappa shape index (κ3) is 3.95. The van der Waals surface area contributed by atoms with E-state index in [1.165, 1.54) is 0 Å². The van der Waals surface area contributed by atoms with Gasteiger partial charge in [0.1, 0.15) is 0 Å². The Labute approximate surface area is 72.5 Å². The highest BCUT2D eigenvalue weighted by Gasteiger charge is 2.09. The maximum absolute atomic E-state index is 11.1. The number of rotatable bonds is 4. The summed E-state index contributed by atoms with van der Waals surface area (Å²) in [6.07, 6.45) is 0. The monoisotopic (exact) mass is 172 g/mol. The highest BCUT2D eigenvalue weighted by molar-refractivity contribution is 5.81. The molecule has 0 fully saturated rings. The highest BCUT2D eigenvalue weighted by atomic mass is 16.5. The van der Waals surface area contributed by atoms with Crippen molar-refractivity contribution in [1.29, 1.82) is 0 Å². The van der Waals surface area contributed by atoms with Gasteiger partial charge in [-0.05, 0) is 13.8 Å². The largest absolute Gasteiger partial charge is 0.456 e. The van der Waals surface area contributed by atoms with Gasteiger partial charge < -0.3 is 9.64 Å². The van der Waals surface area contributed by atoms with Crippen molar-refractivity contribution in [3.63, 3.8) is 0 Å². The number of esters is 1.